The van der Waals surface area contributed by atoms with E-state index in [4.69, 9.17) is 9.47 Å². The molecule has 4 aliphatic heterocycles. The van der Waals surface area contributed by atoms with Crippen LogP contribution in [0.15, 0.2) is 36.1 Å². The molecule has 0 aromatic heterocycles. The van der Waals surface area contributed by atoms with Gasteiger partial charge in [0, 0.05) is 30.1 Å². The fraction of sp³-hybridized carbons (Fsp3) is 0.524. The first kappa shape index (κ1) is 16.8. The molecule has 0 aliphatic carbocycles. The summed E-state index contributed by atoms with van der Waals surface area (Å²) in [6.07, 6.45) is 3.20. The van der Waals surface area contributed by atoms with Gasteiger partial charge >= 0.3 is 5.97 Å². The van der Waals surface area contributed by atoms with Crippen molar-refractivity contribution in [1.82, 2.24) is 4.90 Å². The maximum atomic E-state index is 13.1. The van der Waals surface area contributed by atoms with Crippen LogP contribution in [0.1, 0.15) is 25.3 Å². The van der Waals surface area contributed by atoms with Crippen LogP contribution in [0.25, 0.3) is 0 Å². The summed E-state index contributed by atoms with van der Waals surface area (Å²) in [5.74, 6) is 0.0558. The van der Waals surface area contributed by atoms with Gasteiger partial charge in [0.05, 0.1) is 30.5 Å². The van der Waals surface area contributed by atoms with Gasteiger partial charge in [-0.2, -0.15) is 0 Å². The van der Waals surface area contributed by atoms with Gasteiger partial charge in [-0.05, 0) is 37.9 Å². The highest BCUT2D eigenvalue weighted by Gasteiger charge is 2.61. The minimum atomic E-state index is -0.523. The minimum Gasteiger partial charge on any atom is -0.497 e. The van der Waals surface area contributed by atoms with E-state index in [1.165, 1.54) is 7.11 Å². The topological polar surface area (TPSA) is 67.9 Å². The molecular formula is C21H24N2O4. The highest BCUT2D eigenvalue weighted by molar-refractivity contribution is 6.07. The van der Waals surface area contributed by atoms with Crippen LogP contribution < -0.4 is 5.32 Å². The normalized spacial score (nSPS) is 37.0. The Morgan fingerprint density at radius 2 is 2.19 bits per heavy atom. The van der Waals surface area contributed by atoms with Crippen LogP contribution >= 0.6 is 0 Å². The molecular weight excluding hydrogens is 344 g/mol. The number of hydrogen-bond acceptors (Lipinski definition) is 5. The van der Waals surface area contributed by atoms with Crippen LogP contribution in [0.2, 0.25) is 0 Å². The van der Waals surface area contributed by atoms with Crippen LogP contribution in [0.4, 0.5) is 5.69 Å². The number of amides is 1. The van der Waals surface area contributed by atoms with E-state index < -0.39 is 5.41 Å². The number of hydrogen-bond donors (Lipinski definition) is 1. The zero-order valence-electron chi connectivity index (χ0n) is 15.6. The van der Waals surface area contributed by atoms with E-state index in [2.05, 4.69) is 23.2 Å². The molecule has 1 spiro atoms. The minimum absolute atomic E-state index is 0.0468. The summed E-state index contributed by atoms with van der Waals surface area (Å²) in [7, 11) is 1.41. The van der Waals surface area contributed by atoms with Crippen molar-refractivity contribution >= 4 is 17.6 Å². The second kappa shape index (κ2) is 5.83. The summed E-state index contributed by atoms with van der Waals surface area (Å²) in [5, 5.41) is 3.09. The Balaban J connectivity index is 1.55. The molecule has 2 fully saturated rings. The average Bonchev–Trinajstić information content (AvgIpc) is 3.20. The quantitative estimate of drug-likeness (QED) is 0.769. The lowest BCUT2D eigenvalue weighted by Crippen LogP contribution is -2.56. The molecule has 4 heterocycles. The molecule has 1 aromatic rings. The SMILES string of the molecule is COC(=O)C1=CO[C@H](C)[C@@H]2CN3CC[C@]4(C(=O)Nc5ccccc54)[C@@H]3C[C@@H]12. The van der Waals surface area contributed by atoms with Crippen molar-refractivity contribution < 1.29 is 19.1 Å². The number of nitrogens with zero attached hydrogens (tertiary/aromatic N) is 1. The standard InChI is InChI=1S/C21H24N2O4/c1-12-14-10-23-8-7-21(16-5-3-4-6-17(16)22-20(21)25)18(23)9-13(14)15(11-27-12)19(24)26-2/h3-6,11-14,18H,7-10H2,1-2H3,(H,22,25)/t12-,13-,14+,18+,21-/m1/s1. The van der Waals surface area contributed by atoms with Gasteiger partial charge in [-0.1, -0.05) is 18.2 Å². The zero-order valence-corrected chi connectivity index (χ0v) is 15.6. The zero-order chi connectivity index (χ0) is 18.8. The summed E-state index contributed by atoms with van der Waals surface area (Å²) in [6.45, 7) is 3.79. The van der Waals surface area contributed by atoms with Crippen molar-refractivity contribution in [3.63, 3.8) is 0 Å². The van der Waals surface area contributed by atoms with Crippen molar-refractivity contribution in [1.29, 1.82) is 0 Å². The third kappa shape index (κ3) is 2.16. The number of benzene rings is 1. The second-order valence-electron chi connectivity index (χ2n) is 8.14. The molecule has 0 bridgehead atoms. The largest absolute Gasteiger partial charge is 0.497 e. The van der Waals surface area contributed by atoms with Crippen molar-refractivity contribution in [2.45, 2.75) is 37.3 Å². The Labute approximate surface area is 158 Å². The Kier molecular flexibility index (Phi) is 3.63. The van der Waals surface area contributed by atoms with Gasteiger partial charge in [-0.25, -0.2) is 4.79 Å². The Hall–Kier alpha value is -2.34. The van der Waals surface area contributed by atoms with Gasteiger partial charge in [-0.3, -0.25) is 9.69 Å². The maximum Gasteiger partial charge on any atom is 0.337 e. The lowest BCUT2D eigenvalue weighted by Gasteiger charge is -2.48. The van der Waals surface area contributed by atoms with E-state index in [0.717, 1.165) is 37.2 Å². The number of fused-ring (bicyclic) bond motifs is 5. The average molecular weight is 368 g/mol. The molecule has 1 aromatic carbocycles. The highest BCUT2D eigenvalue weighted by Crippen LogP contribution is 2.53. The predicted molar refractivity (Wildman–Crippen MR) is 99.0 cm³/mol. The number of carbonyl (C=O) groups is 2. The van der Waals surface area contributed by atoms with Crippen molar-refractivity contribution in [3.8, 4) is 0 Å². The number of rotatable bonds is 1. The van der Waals surface area contributed by atoms with Crippen LogP contribution in [-0.2, 0) is 24.5 Å². The van der Waals surface area contributed by atoms with E-state index in [1.807, 2.05) is 18.2 Å². The summed E-state index contributed by atoms with van der Waals surface area (Å²) in [4.78, 5) is 27.9. The molecule has 0 saturated carbocycles. The second-order valence-corrected chi connectivity index (χ2v) is 8.14. The molecule has 4 aliphatic rings. The molecule has 6 nitrogen and oxygen atoms in total. The van der Waals surface area contributed by atoms with Crippen molar-refractivity contribution in [3.05, 3.63) is 41.7 Å². The first-order valence-corrected chi connectivity index (χ1v) is 9.65. The monoisotopic (exact) mass is 368 g/mol. The molecule has 5 atom stereocenters. The van der Waals surface area contributed by atoms with Gasteiger partial charge in [-0.15, -0.1) is 0 Å². The van der Waals surface area contributed by atoms with Crippen molar-refractivity contribution in [2.24, 2.45) is 11.8 Å². The predicted octanol–water partition coefficient (Wildman–Crippen LogP) is 2.06. The first-order chi connectivity index (χ1) is 13.1. The smallest absolute Gasteiger partial charge is 0.337 e. The molecule has 1 N–H and O–H groups in total. The number of anilines is 1. The van der Waals surface area contributed by atoms with Crippen LogP contribution in [0.5, 0.6) is 0 Å². The fourth-order valence-corrected chi connectivity index (χ4v) is 5.77. The van der Waals surface area contributed by atoms with E-state index in [1.54, 1.807) is 6.26 Å². The molecule has 142 valence electrons. The molecule has 0 radical (unpaired) electrons. The molecule has 6 heteroatoms. The Morgan fingerprint density at radius 3 is 3.00 bits per heavy atom. The summed E-state index contributed by atoms with van der Waals surface area (Å²) in [5.41, 5.74) is 2.11. The first-order valence-electron chi connectivity index (χ1n) is 9.65. The third-order valence-electron chi connectivity index (χ3n) is 7.14. The molecule has 2 saturated heterocycles. The molecule has 27 heavy (non-hydrogen) atoms. The number of para-hydroxylation sites is 1. The van der Waals surface area contributed by atoms with Gasteiger partial charge in [0.25, 0.3) is 0 Å². The van der Waals surface area contributed by atoms with E-state index in [-0.39, 0.29) is 35.9 Å². The van der Waals surface area contributed by atoms with Crippen LogP contribution in [0.3, 0.4) is 0 Å². The number of nitrogens with one attached hydrogen (secondary N) is 1. The number of piperidine rings is 1. The summed E-state index contributed by atoms with van der Waals surface area (Å²) < 4.78 is 10.8. The number of esters is 1. The van der Waals surface area contributed by atoms with E-state index in [9.17, 15) is 9.59 Å². The Bertz CT molecular complexity index is 850. The maximum absolute atomic E-state index is 13.1. The Morgan fingerprint density at radius 1 is 1.37 bits per heavy atom. The molecule has 5 rings (SSSR count). The highest BCUT2D eigenvalue weighted by atomic mass is 16.5. The van der Waals surface area contributed by atoms with Gasteiger partial charge in [0.15, 0.2) is 0 Å². The van der Waals surface area contributed by atoms with E-state index in [0.29, 0.717) is 5.57 Å². The molecule has 0 unspecified atom stereocenters. The summed E-state index contributed by atoms with van der Waals surface area (Å²) >= 11 is 0. The molecule has 1 amide bonds. The lowest BCUT2D eigenvalue weighted by atomic mass is 9.66. The number of ether oxygens (including phenoxy) is 2. The van der Waals surface area contributed by atoms with Crippen molar-refractivity contribution in [2.75, 3.05) is 25.5 Å². The van der Waals surface area contributed by atoms with Crippen LogP contribution in [-0.4, -0.2) is 49.1 Å². The number of carbonyl (C=O) groups excluding carboxylic acids is 2. The van der Waals surface area contributed by atoms with Gasteiger partial charge in [0.1, 0.15) is 0 Å². The lowest BCUT2D eigenvalue weighted by molar-refractivity contribution is -0.139. The van der Waals surface area contributed by atoms with E-state index >= 15 is 0 Å². The van der Waals surface area contributed by atoms with Gasteiger partial charge < -0.3 is 14.8 Å². The number of methoxy groups -OCH3 is 1. The van der Waals surface area contributed by atoms with Gasteiger partial charge in [0.2, 0.25) is 5.91 Å². The third-order valence-corrected chi connectivity index (χ3v) is 7.14. The summed E-state index contributed by atoms with van der Waals surface area (Å²) in [6, 6.07) is 8.10. The van der Waals surface area contributed by atoms with Crippen LogP contribution in [0, 0.1) is 11.8 Å². The fourth-order valence-electron chi connectivity index (χ4n) is 5.77.